The standard InChI is InChI=1S/C22H29N3O4/c1-4-25(5-2)15-14-23-22(27)17-6-8-18(9-7-17)24-21(26)16-29-20-12-10-19(28-3)11-13-20/h6-13H,4-5,14-16H2,1-3H3,(H,23,27)(H,24,26). The molecule has 29 heavy (non-hydrogen) atoms. The number of amides is 2. The smallest absolute Gasteiger partial charge is 0.262 e. The Morgan fingerprint density at radius 2 is 1.55 bits per heavy atom. The van der Waals surface area contributed by atoms with Crippen LogP contribution in [-0.4, -0.2) is 56.6 Å². The van der Waals surface area contributed by atoms with Crippen LogP contribution in [0.1, 0.15) is 24.2 Å². The van der Waals surface area contributed by atoms with Crippen molar-refractivity contribution >= 4 is 17.5 Å². The number of benzene rings is 2. The zero-order valence-corrected chi connectivity index (χ0v) is 17.2. The summed E-state index contributed by atoms with van der Waals surface area (Å²) in [6.45, 7) is 7.43. The first-order valence-electron chi connectivity index (χ1n) is 9.73. The maximum absolute atomic E-state index is 12.2. The molecule has 0 heterocycles. The number of ether oxygens (including phenoxy) is 2. The van der Waals surface area contributed by atoms with Crippen LogP contribution >= 0.6 is 0 Å². The first-order chi connectivity index (χ1) is 14.0. The number of carbonyl (C=O) groups is 2. The Morgan fingerprint density at radius 1 is 0.931 bits per heavy atom. The highest BCUT2D eigenvalue weighted by molar-refractivity contribution is 5.96. The van der Waals surface area contributed by atoms with E-state index in [0.29, 0.717) is 23.5 Å². The normalized spacial score (nSPS) is 10.5. The van der Waals surface area contributed by atoms with Gasteiger partial charge in [-0.3, -0.25) is 9.59 Å². The lowest BCUT2D eigenvalue weighted by atomic mass is 10.2. The molecule has 0 saturated carbocycles. The molecule has 7 nitrogen and oxygen atoms in total. The van der Waals surface area contributed by atoms with Crippen LogP contribution in [0.15, 0.2) is 48.5 Å². The molecule has 2 rings (SSSR count). The van der Waals surface area contributed by atoms with Crippen LogP contribution in [0.2, 0.25) is 0 Å². The fraction of sp³-hybridized carbons (Fsp3) is 0.364. The van der Waals surface area contributed by atoms with E-state index in [2.05, 4.69) is 29.4 Å². The second-order valence-corrected chi connectivity index (χ2v) is 6.37. The van der Waals surface area contributed by atoms with Gasteiger partial charge in [0.25, 0.3) is 11.8 Å². The number of hydrogen-bond donors (Lipinski definition) is 2. The zero-order valence-electron chi connectivity index (χ0n) is 17.2. The lowest BCUT2D eigenvalue weighted by molar-refractivity contribution is -0.118. The number of methoxy groups -OCH3 is 1. The van der Waals surface area contributed by atoms with Crippen LogP contribution in [0, 0.1) is 0 Å². The summed E-state index contributed by atoms with van der Waals surface area (Å²) < 4.78 is 10.5. The molecule has 0 atom stereocenters. The van der Waals surface area contributed by atoms with Gasteiger partial charge >= 0.3 is 0 Å². The number of rotatable bonds is 11. The number of likely N-dealkylation sites (N-methyl/N-ethyl adjacent to an activating group) is 1. The molecule has 0 aliphatic carbocycles. The zero-order chi connectivity index (χ0) is 21.1. The third kappa shape index (κ3) is 7.46. The van der Waals surface area contributed by atoms with Gasteiger partial charge in [-0.2, -0.15) is 0 Å². The van der Waals surface area contributed by atoms with Gasteiger partial charge in [-0.25, -0.2) is 0 Å². The van der Waals surface area contributed by atoms with Crippen molar-refractivity contribution in [1.29, 1.82) is 0 Å². The second-order valence-electron chi connectivity index (χ2n) is 6.37. The van der Waals surface area contributed by atoms with Crippen LogP contribution in [-0.2, 0) is 4.79 Å². The van der Waals surface area contributed by atoms with Gasteiger partial charge < -0.3 is 25.0 Å². The highest BCUT2D eigenvalue weighted by Gasteiger charge is 2.08. The molecule has 0 spiro atoms. The van der Waals surface area contributed by atoms with Gasteiger partial charge in [-0.15, -0.1) is 0 Å². The minimum Gasteiger partial charge on any atom is -0.497 e. The van der Waals surface area contributed by atoms with Gasteiger partial charge in [0.2, 0.25) is 0 Å². The SMILES string of the molecule is CCN(CC)CCNC(=O)c1ccc(NC(=O)COc2ccc(OC)cc2)cc1. The van der Waals surface area contributed by atoms with E-state index in [1.54, 1.807) is 55.6 Å². The molecular weight excluding hydrogens is 370 g/mol. The third-order valence-corrected chi connectivity index (χ3v) is 4.47. The number of hydrogen-bond acceptors (Lipinski definition) is 5. The molecule has 2 amide bonds. The fourth-order valence-corrected chi connectivity index (χ4v) is 2.69. The average Bonchev–Trinajstić information content (AvgIpc) is 2.76. The molecule has 7 heteroatoms. The van der Waals surface area contributed by atoms with Crippen molar-refractivity contribution in [1.82, 2.24) is 10.2 Å². The Kier molecular flexibility index (Phi) is 8.98. The average molecular weight is 399 g/mol. The van der Waals surface area contributed by atoms with Gasteiger partial charge in [0.05, 0.1) is 7.11 Å². The van der Waals surface area contributed by atoms with Crippen molar-refractivity contribution in [3.05, 3.63) is 54.1 Å². The van der Waals surface area contributed by atoms with E-state index >= 15 is 0 Å². The molecule has 2 aromatic carbocycles. The Bertz CT molecular complexity index is 772. The largest absolute Gasteiger partial charge is 0.497 e. The van der Waals surface area contributed by atoms with Crippen LogP contribution in [0.25, 0.3) is 0 Å². The Labute approximate surface area is 172 Å². The van der Waals surface area contributed by atoms with Crippen molar-refractivity contribution in [2.24, 2.45) is 0 Å². The molecule has 0 unspecified atom stereocenters. The van der Waals surface area contributed by atoms with Crippen LogP contribution in [0.4, 0.5) is 5.69 Å². The van der Waals surface area contributed by atoms with Gasteiger partial charge in [-0.05, 0) is 61.6 Å². The van der Waals surface area contributed by atoms with E-state index in [9.17, 15) is 9.59 Å². The molecule has 0 aliphatic rings. The van der Waals surface area contributed by atoms with Crippen molar-refractivity contribution in [3.8, 4) is 11.5 Å². The monoisotopic (exact) mass is 399 g/mol. The summed E-state index contributed by atoms with van der Waals surface area (Å²) >= 11 is 0. The van der Waals surface area contributed by atoms with Crippen LogP contribution in [0.3, 0.4) is 0 Å². The minimum absolute atomic E-state index is 0.111. The first-order valence-corrected chi connectivity index (χ1v) is 9.73. The summed E-state index contributed by atoms with van der Waals surface area (Å²) in [7, 11) is 1.59. The van der Waals surface area contributed by atoms with Gasteiger partial charge in [0.1, 0.15) is 11.5 Å². The Hall–Kier alpha value is -3.06. The number of carbonyl (C=O) groups excluding carboxylic acids is 2. The van der Waals surface area contributed by atoms with Crippen molar-refractivity contribution in [3.63, 3.8) is 0 Å². The summed E-state index contributed by atoms with van der Waals surface area (Å²) in [6.07, 6.45) is 0. The molecule has 0 aliphatic heterocycles. The second kappa shape index (κ2) is 11.7. The predicted molar refractivity (Wildman–Crippen MR) is 114 cm³/mol. The highest BCUT2D eigenvalue weighted by Crippen LogP contribution is 2.17. The molecule has 0 saturated heterocycles. The topological polar surface area (TPSA) is 79.9 Å². The van der Waals surface area contributed by atoms with E-state index in [4.69, 9.17) is 9.47 Å². The molecule has 156 valence electrons. The predicted octanol–water partition coefficient (Wildman–Crippen LogP) is 2.78. The van der Waals surface area contributed by atoms with Gasteiger partial charge in [0, 0.05) is 24.3 Å². The molecule has 2 N–H and O–H groups in total. The third-order valence-electron chi connectivity index (χ3n) is 4.47. The van der Waals surface area contributed by atoms with Crippen molar-refractivity contribution < 1.29 is 19.1 Å². The van der Waals surface area contributed by atoms with Crippen molar-refractivity contribution in [2.45, 2.75) is 13.8 Å². The quantitative estimate of drug-likeness (QED) is 0.607. The maximum atomic E-state index is 12.2. The van der Waals surface area contributed by atoms with Crippen LogP contribution in [0.5, 0.6) is 11.5 Å². The summed E-state index contributed by atoms with van der Waals surface area (Å²) in [5.74, 6) is 0.895. The van der Waals surface area contributed by atoms with Crippen LogP contribution < -0.4 is 20.1 Å². The minimum atomic E-state index is -0.280. The van der Waals surface area contributed by atoms with E-state index < -0.39 is 0 Å². The molecule has 0 fully saturated rings. The van der Waals surface area contributed by atoms with Crippen molar-refractivity contribution in [2.75, 3.05) is 45.2 Å². The molecular formula is C22H29N3O4. The Balaban J connectivity index is 1.77. The molecule has 0 radical (unpaired) electrons. The van der Waals surface area contributed by atoms with Gasteiger partial charge in [0.15, 0.2) is 6.61 Å². The van der Waals surface area contributed by atoms with E-state index in [1.807, 2.05) is 0 Å². The summed E-state index contributed by atoms with van der Waals surface area (Å²) in [5, 5.41) is 5.66. The number of nitrogens with zero attached hydrogens (tertiary/aromatic N) is 1. The lowest BCUT2D eigenvalue weighted by Crippen LogP contribution is -2.34. The van der Waals surface area contributed by atoms with E-state index in [1.165, 1.54) is 0 Å². The van der Waals surface area contributed by atoms with E-state index in [0.717, 1.165) is 25.4 Å². The summed E-state index contributed by atoms with van der Waals surface area (Å²) in [4.78, 5) is 26.5. The molecule has 0 bridgehead atoms. The Morgan fingerprint density at radius 3 is 2.14 bits per heavy atom. The summed E-state index contributed by atoms with van der Waals surface area (Å²) in [6, 6.07) is 13.8. The fourth-order valence-electron chi connectivity index (χ4n) is 2.69. The number of anilines is 1. The highest BCUT2D eigenvalue weighted by atomic mass is 16.5. The maximum Gasteiger partial charge on any atom is 0.262 e. The first kappa shape index (κ1) is 22.2. The number of nitrogens with one attached hydrogen (secondary N) is 2. The summed E-state index contributed by atoms with van der Waals surface area (Å²) in [5.41, 5.74) is 1.16. The molecule has 0 aromatic heterocycles. The lowest BCUT2D eigenvalue weighted by Gasteiger charge is -2.18. The van der Waals surface area contributed by atoms with E-state index in [-0.39, 0.29) is 18.4 Å². The van der Waals surface area contributed by atoms with Gasteiger partial charge in [-0.1, -0.05) is 13.8 Å². The molecule has 2 aromatic rings.